The van der Waals surface area contributed by atoms with Gasteiger partial charge in [0.1, 0.15) is 5.82 Å². The van der Waals surface area contributed by atoms with Crippen molar-refractivity contribution < 1.29 is 4.79 Å². The Bertz CT molecular complexity index is 919. The van der Waals surface area contributed by atoms with Crippen LogP contribution in [0.25, 0.3) is 21.6 Å². The number of nitrogens with zero attached hydrogens (tertiary/aromatic N) is 4. The van der Waals surface area contributed by atoms with Gasteiger partial charge < -0.3 is 10.2 Å². The number of hydrogen-bond acceptors (Lipinski definition) is 6. The Morgan fingerprint density at radius 1 is 1.11 bits per heavy atom. The lowest BCUT2D eigenvalue weighted by atomic mass is 10.2. The highest BCUT2D eigenvalue weighted by Gasteiger charge is 2.18. The van der Waals surface area contributed by atoms with Crippen LogP contribution < -0.4 is 5.32 Å². The van der Waals surface area contributed by atoms with Gasteiger partial charge in [-0.3, -0.25) is 9.69 Å². The van der Waals surface area contributed by atoms with Gasteiger partial charge in [-0.15, -0.1) is 11.3 Å². The van der Waals surface area contributed by atoms with Crippen molar-refractivity contribution in [3.63, 3.8) is 0 Å². The third kappa shape index (κ3) is 4.09. The van der Waals surface area contributed by atoms with Crippen molar-refractivity contribution in [3.05, 3.63) is 41.8 Å². The largest absolute Gasteiger partial charge is 0.368 e. The molecular weight excluding hydrogens is 358 g/mol. The molecule has 1 saturated heterocycles. The minimum absolute atomic E-state index is 0.168. The van der Waals surface area contributed by atoms with E-state index >= 15 is 0 Å². The monoisotopic (exact) mass is 381 g/mol. The highest BCUT2D eigenvalue weighted by molar-refractivity contribution is 7.13. The Balaban J connectivity index is 1.45. The lowest BCUT2D eigenvalue weighted by Crippen LogP contribution is -2.49. The van der Waals surface area contributed by atoms with Crippen molar-refractivity contribution in [1.29, 1.82) is 0 Å². The number of carbonyl (C=O) groups is 1. The van der Waals surface area contributed by atoms with Gasteiger partial charge in [0.25, 0.3) is 0 Å². The quantitative estimate of drug-likeness (QED) is 0.736. The van der Waals surface area contributed by atoms with Crippen LogP contribution >= 0.6 is 11.3 Å². The summed E-state index contributed by atoms with van der Waals surface area (Å²) >= 11 is 1.65. The van der Waals surface area contributed by atoms with Crippen molar-refractivity contribution in [2.45, 2.75) is 6.92 Å². The number of rotatable bonds is 5. The fraction of sp³-hybridized carbons (Fsp3) is 0.350. The predicted molar refractivity (Wildman–Crippen MR) is 110 cm³/mol. The molecule has 1 aromatic carbocycles. The Morgan fingerprint density at radius 3 is 2.67 bits per heavy atom. The van der Waals surface area contributed by atoms with Crippen LogP contribution in [0.4, 0.5) is 5.82 Å². The molecule has 0 bridgehead atoms. The summed E-state index contributed by atoms with van der Waals surface area (Å²) < 4.78 is 0. The van der Waals surface area contributed by atoms with Gasteiger partial charge in [-0.25, -0.2) is 9.97 Å². The summed E-state index contributed by atoms with van der Waals surface area (Å²) in [5, 5.41) is 6.59. The van der Waals surface area contributed by atoms with Gasteiger partial charge >= 0.3 is 0 Å². The van der Waals surface area contributed by atoms with Crippen LogP contribution in [0, 0.1) is 0 Å². The molecule has 3 aromatic rings. The van der Waals surface area contributed by atoms with Gasteiger partial charge in [0, 0.05) is 51.6 Å². The second kappa shape index (κ2) is 8.02. The molecule has 140 valence electrons. The molecule has 6 nitrogen and oxygen atoms in total. The maximum absolute atomic E-state index is 11.4. The average molecular weight is 382 g/mol. The molecule has 0 aliphatic carbocycles. The summed E-state index contributed by atoms with van der Waals surface area (Å²) in [6.07, 6.45) is 0. The van der Waals surface area contributed by atoms with Gasteiger partial charge in [-0.1, -0.05) is 18.2 Å². The average Bonchev–Trinajstić information content (AvgIpc) is 3.23. The van der Waals surface area contributed by atoms with Crippen LogP contribution in [-0.2, 0) is 4.79 Å². The summed E-state index contributed by atoms with van der Waals surface area (Å²) in [4.78, 5) is 26.3. The van der Waals surface area contributed by atoms with E-state index in [-0.39, 0.29) is 5.91 Å². The summed E-state index contributed by atoms with van der Waals surface area (Å²) in [5.74, 6) is 1.81. The molecule has 27 heavy (non-hydrogen) atoms. The van der Waals surface area contributed by atoms with Crippen molar-refractivity contribution in [2.75, 3.05) is 44.6 Å². The highest BCUT2D eigenvalue weighted by atomic mass is 32.1. The molecule has 1 amide bonds. The first-order valence-corrected chi connectivity index (χ1v) is 10.1. The van der Waals surface area contributed by atoms with Gasteiger partial charge in [-0.2, -0.15) is 0 Å². The number of piperazine rings is 1. The molecule has 1 fully saturated rings. The number of amides is 1. The van der Waals surface area contributed by atoms with Crippen LogP contribution in [0.2, 0.25) is 0 Å². The molecule has 3 heterocycles. The maximum Gasteiger partial charge on any atom is 0.219 e. The topological polar surface area (TPSA) is 61.4 Å². The molecule has 4 rings (SSSR count). The zero-order valence-corrected chi connectivity index (χ0v) is 16.2. The number of benzene rings is 1. The number of aromatic nitrogens is 2. The van der Waals surface area contributed by atoms with Crippen molar-refractivity contribution >= 4 is 34.0 Å². The van der Waals surface area contributed by atoms with E-state index in [9.17, 15) is 4.79 Å². The summed E-state index contributed by atoms with van der Waals surface area (Å²) in [6.45, 7) is 6.85. The fourth-order valence-corrected chi connectivity index (χ4v) is 4.00. The Hall–Kier alpha value is -2.51. The number of hydrogen-bond donors (Lipinski definition) is 1. The van der Waals surface area contributed by atoms with Crippen LogP contribution in [-0.4, -0.2) is 64.9 Å². The summed E-state index contributed by atoms with van der Waals surface area (Å²) in [5.41, 5.74) is 0.952. The van der Waals surface area contributed by atoms with Crippen LogP contribution in [0.3, 0.4) is 0 Å². The minimum Gasteiger partial charge on any atom is -0.368 e. The van der Waals surface area contributed by atoms with E-state index in [1.54, 1.807) is 18.3 Å². The number of fused-ring (bicyclic) bond motifs is 1. The number of nitrogens with one attached hydrogen (secondary N) is 1. The van der Waals surface area contributed by atoms with Gasteiger partial charge in [0.15, 0.2) is 5.82 Å². The lowest BCUT2D eigenvalue weighted by Gasteiger charge is -2.34. The molecule has 7 heteroatoms. The van der Waals surface area contributed by atoms with E-state index in [1.807, 2.05) is 40.6 Å². The van der Waals surface area contributed by atoms with Gasteiger partial charge in [0.05, 0.1) is 10.4 Å². The van der Waals surface area contributed by atoms with Crippen LogP contribution in [0.1, 0.15) is 6.92 Å². The van der Waals surface area contributed by atoms with Gasteiger partial charge in [-0.05, 0) is 23.6 Å². The molecule has 1 N–H and O–H groups in total. The molecule has 2 aromatic heterocycles. The first-order valence-electron chi connectivity index (χ1n) is 9.23. The third-order valence-corrected chi connectivity index (χ3v) is 5.75. The summed E-state index contributed by atoms with van der Waals surface area (Å²) in [6, 6.07) is 12.2. The SMILES string of the molecule is CC(=O)N1CCN(CCNc2nc(-c3cccs3)nc3ccccc23)CC1. The first kappa shape index (κ1) is 17.9. The first-order chi connectivity index (χ1) is 13.2. The number of anilines is 1. The van der Waals surface area contributed by atoms with E-state index in [2.05, 4.69) is 16.3 Å². The third-order valence-electron chi connectivity index (χ3n) is 4.88. The Morgan fingerprint density at radius 2 is 1.93 bits per heavy atom. The molecule has 0 radical (unpaired) electrons. The zero-order valence-electron chi connectivity index (χ0n) is 15.4. The zero-order chi connectivity index (χ0) is 18.6. The second-order valence-corrected chi connectivity index (χ2v) is 7.61. The van der Waals surface area contributed by atoms with Crippen LogP contribution in [0.5, 0.6) is 0 Å². The van der Waals surface area contributed by atoms with E-state index < -0.39 is 0 Å². The lowest BCUT2D eigenvalue weighted by molar-refractivity contribution is -0.130. The summed E-state index contributed by atoms with van der Waals surface area (Å²) in [7, 11) is 0. The molecule has 0 saturated carbocycles. The number of thiophene rings is 1. The number of para-hydroxylation sites is 1. The van der Waals surface area contributed by atoms with Crippen LogP contribution in [0.15, 0.2) is 41.8 Å². The molecule has 0 atom stereocenters. The molecular formula is C20H23N5OS. The number of carbonyl (C=O) groups excluding carboxylic acids is 1. The van der Waals surface area contributed by atoms with E-state index in [4.69, 9.17) is 9.97 Å². The van der Waals surface area contributed by atoms with Crippen molar-refractivity contribution in [2.24, 2.45) is 0 Å². The highest BCUT2D eigenvalue weighted by Crippen LogP contribution is 2.27. The predicted octanol–water partition coefficient (Wildman–Crippen LogP) is 2.93. The maximum atomic E-state index is 11.4. The van der Waals surface area contributed by atoms with E-state index in [0.717, 1.165) is 66.7 Å². The van der Waals surface area contributed by atoms with E-state index in [1.165, 1.54) is 0 Å². The fourth-order valence-electron chi connectivity index (χ4n) is 3.35. The molecule has 1 aliphatic rings. The van der Waals surface area contributed by atoms with Gasteiger partial charge in [0.2, 0.25) is 5.91 Å². The Kier molecular flexibility index (Phi) is 5.31. The minimum atomic E-state index is 0.168. The molecule has 0 unspecified atom stereocenters. The molecule has 0 spiro atoms. The van der Waals surface area contributed by atoms with Crippen molar-refractivity contribution in [1.82, 2.24) is 19.8 Å². The standard InChI is InChI=1S/C20H23N5OS/c1-15(26)25-12-10-24(11-13-25)9-8-21-19-16-5-2-3-6-17(16)22-20(23-19)18-7-4-14-27-18/h2-7,14H,8-13H2,1H3,(H,21,22,23). The normalized spacial score (nSPS) is 15.2. The Labute approximate surface area is 162 Å². The van der Waals surface area contributed by atoms with Crippen molar-refractivity contribution in [3.8, 4) is 10.7 Å². The molecule has 1 aliphatic heterocycles. The second-order valence-electron chi connectivity index (χ2n) is 6.66. The van der Waals surface area contributed by atoms with E-state index in [0.29, 0.717) is 0 Å². The smallest absolute Gasteiger partial charge is 0.219 e.